The van der Waals surface area contributed by atoms with Crippen molar-refractivity contribution < 1.29 is 130 Å². The fraction of sp³-hybridized carbons (Fsp3) is 0.167. The molecule has 0 bridgehead atoms. The van der Waals surface area contributed by atoms with E-state index in [2.05, 4.69) is 15.8 Å². The average molecular weight is 788 g/mol. The first-order valence-corrected chi connectivity index (χ1v) is 10.6. The van der Waals surface area contributed by atoms with Crippen molar-refractivity contribution in [2.45, 2.75) is 0 Å². The first-order valence-electron chi connectivity index (χ1n) is 9.33. The summed E-state index contributed by atoms with van der Waals surface area (Å²) in [6, 6.07) is 0. The molecule has 0 aliphatic heterocycles. The van der Waals surface area contributed by atoms with Crippen LogP contribution in [0.3, 0.4) is 0 Å². The first-order chi connectivity index (χ1) is 17.8. The summed E-state index contributed by atoms with van der Waals surface area (Å²) in [5, 5.41) is 38.1. The number of amidine groups is 1. The number of nitrogens with one attached hydrogen (secondary N) is 2. The smallest absolute Gasteiger partial charge is 0.472 e. The summed E-state index contributed by atoms with van der Waals surface area (Å²) in [6.07, 6.45) is 14.8. The van der Waals surface area contributed by atoms with Crippen LogP contribution in [0.1, 0.15) is 0 Å². The van der Waals surface area contributed by atoms with E-state index in [4.69, 9.17) is 55.4 Å². The minimum Gasteiger partial charge on any atom is -0.493 e. The molecule has 0 aromatic heterocycles. The fourth-order valence-corrected chi connectivity index (χ4v) is 2.36. The van der Waals surface area contributed by atoms with Gasteiger partial charge in [0.15, 0.2) is 16.7 Å². The average Bonchev–Trinajstić information content (AvgIpc) is 2.82. The third kappa shape index (κ3) is 25.2. The standard InChI is InChI=1S/C18H19N3O4S.Ce.Cu.3H2NO3.H2O/c1-24-14-8-4-6-12(16(14)22)10-19-18(26-3)21-20-11-13-7-5-9-15(25-2)17(13)23;;;3*2-1(3)4;/h4-11,20H,1-3H3,(H,19,21);;;3*(H2,2,3,4);1H2/q;;;3*+1;/p+1. The molecule has 41 heavy (non-hydrogen) atoms. The van der Waals surface area contributed by atoms with Gasteiger partial charge in [0.1, 0.15) is 14.7 Å². The van der Waals surface area contributed by atoms with Gasteiger partial charge >= 0.3 is 15.3 Å². The molecule has 0 atom stereocenters. The van der Waals surface area contributed by atoms with Crippen LogP contribution >= 0.6 is 11.8 Å². The summed E-state index contributed by atoms with van der Waals surface area (Å²) in [6.45, 7) is 0. The van der Waals surface area contributed by atoms with Gasteiger partial charge in [-0.2, -0.15) is 0 Å². The second kappa shape index (κ2) is 28.0. The first kappa shape index (κ1) is 47.3. The van der Waals surface area contributed by atoms with Crippen LogP contribution in [0.5, 0.6) is 0 Å². The number of hydrogen-bond donors (Lipinski definition) is 8. The SMILES string of the molecule is COC1=CC=CC(=CN=C(NNC=C2C=CC=C(OC)C2=O)SC)C1=O.O=[N+](O)O.O=[N+](O)O.O=[N+](O)O.[Ce].[Cu].[OH3+]. The maximum Gasteiger partial charge on any atom is 0.472 e. The minimum atomic E-state index is -1.25. The Morgan fingerprint density at radius 2 is 1.22 bits per heavy atom. The Hall–Kier alpha value is -3.54. The zero-order chi connectivity index (χ0) is 29.7. The Morgan fingerprint density at radius 3 is 1.59 bits per heavy atom. The van der Waals surface area contributed by atoms with E-state index in [0.717, 1.165) is 0 Å². The molecular weight excluding hydrogens is 760 g/mol. The summed E-state index contributed by atoms with van der Waals surface area (Å²) in [7, 11) is 2.89. The number of carbonyl (C=O) groups excluding carboxylic acids is 2. The summed E-state index contributed by atoms with van der Waals surface area (Å²) in [4.78, 5) is 53.8. The number of thioether (sulfide) groups is 1. The Labute approximate surface area is 279 Å². The van der Waals surface area contributed by atoms with E-state index in [-0.39, 0.29) is 87.4 Å². The van der Waals surface area contributed by atoms with Gasteiger partial charge < -0.3 is 20.4 Å². The molecule has 23 heteroatoms. The largest absolute Gasteiger partial charge is 0.493 e. The van der Waals surface area contributed by atoms with E-state index in [0.29, 0.717) is 16.3 Å². The maximum absolute atomic E-state index is 12.1. The zero-order valence-corrected chi connectivity index (χ0v) is 26.1. The van der Waals surface area contributed by atoms with Crippen LogP contribution < -0.4 is 10.9 Å². The van der Waals surface area contributed by atoms with E-state index in [9.17, 15) is 9.59 Å². The molecule has 2 aliphatic carbocycles. The normalized spacial score (nSPS) is 14.6. The van der Waals surface area contributed by atoms with Gasteiger partial charge in [-0.25, -0.2) is 36.2 Å². The van der Waals surface area contributed by atoms with E-state index in [1.807, 2.05) is 6.26 Å². The molecule has 0 saturated carbocycles. The Bertz CT molecular complexity index is 1070. The Morgan fingerprint density at radius 1 is 0.854 bits per heavy atom. The number of aliphatic imine (C=N–C) groups is 1. The zero-order valence-electron chi connectivity index (χ0n) is 21.2. The topological polar surface area (TPSA) is 304 Å². The van der Waals surface area contributed by atoms with Crippen molar-refractivity contribution in [3.63, 3.8) is 0 Å². The number of ketones is 2. The number of carbonyl (C=O) groups is 2. The third-order valence-corrected chi connectivity index (χ3v) is 3.97. The molecule has 0 aromatic carbocycles. The van der Waals surface area contributed by atoms with Crippen LogP contribution in [0.2, 0.25) is 0 Å². The van der Waals surface area contributed by atoms with Gasteiger partial charge in [0.25, 0.3) is 0 Å². The van der Waals surface area contributed by atoms with Gasteiger partial charge in [-0.1, -0.05) is 23.9 Å². The number of rotatable bonds is 5. The number of hydrazine groups is 1. The molecule has 1 radical (unpaired) electrons. The molecule has 2 aliphatic rings. The number of nitrogens with zero attached hydrogens (tertiary/aromatic N) is 4. The minimum absolute atomic E-state index is 0. The van der Waals surface area contributed by atoms with E-state index < -0.39 is 15.3 Å². The summed E-state index contributed by atoms with van der Waals surface area (Å²) >= 11 is 1.34. The molecule has 231 valence electrons. The van der Waals surface area contributed by atoms with Crippen molar-refractivity contribution in [2.75, 3.05) is 20.5 Å². The monoisotopic (exact) mass is 787 g/mol. The second-order valence-electron chi connectivity index (χ2n) is 5.70. The van der Waals surface area contributed by atoms with Gasteiger partial charge in [-0.05, 0) is 30.6 Å². The molecule has 0 spiro atoms. The van der Waals surface area contributed by atoms with Crippen LogP contribution in [0.25, 0.3) is 0 Å². The molecule has 0 aromatic rings. The van der Waals surface area contributed by atoms with Gasteiger partial charge in [-0.15, -0.1) is 0 Å². The van der Waals surface area contributed by atoms with Crippen molar-refractivity contribution in [3.05, 3.63) is 86.2 Å². The molecule has 11 N–H and O–H groups in total. The van der Waals surface area contributed by atoms with Gasteiger partial charge in [-0.3, -0.25) is 15.0 Å². The molecule has 0 amide bonds. The van der Waals surface area contributed by atoms with Crippen LogP contribution in [0.15, 0.2) is 76.5 Å². The summed E-state index contributed by atoms with van der Waals surface area (Å²) in [5.74, 6) is 0.0886. The molecule has 2 rings (SSSR count). The summed E-state index contributed by atoms with van der Waals surface area (Å²) in [5.41, 5.74) is 6.53. The molecular formula is C18H28CeCuN6O14S+4. The Balaban J connectivity index is -0.000000245. The predicted molar refractivity (Wildman–Crippen MR) is 128 cm³/mol. The number of allylic oxidation sites excluding steroid dienone is 8. The van der Waals surface area contributed by atoms with Crippen molar-refractivity contribution in [1.82, 2.24) is 10.9 Å². The number of ether oxygens (including phenoxy) is 2. The number of hydrogen-bond acceptors (Lipinski definition) is 10. The van der Waals surface area contributed by atoms with Crippen LogP contribution in [0.4, 0.5) is 0 Å². The number of Topliss-reactive ketones (excluding diaryl/α,β-unsaturated/α-hetero) is 2. The molecule has 0 heterocycles. The van der Waals surface area contributed by atoms with E-state index in [1.54, 1.807) is 36.5 Å². The van der Waals surface area contributed by atoms with Crippen molar-refractivity contribution in [1.29, 1.82) is 0 Å². The molecule has 0 fully saturated rings. The maximum atomic E-state index is 12.1. The Kier molecular flexibility index (Phi) is 32.3. The van der Waals surface area contributed by atoms with Crippen LogP contribution in [-0.4, -0.2) is 83.7 Å². The van der Waals surface area contributed by atoms with Crippen molar-refractivity contribution in [2.24, 2.45) is 4.99 Å². The van der Waals surface area contributed by atoms with E-state index >= 15 is 0 Å². The molecule has 0 saturated heterocycles. The van der Waals surface area contributed by atoms with Crippen molar-refractivity contribution >= 4 is 28.5 Å². The second-order valence-corrected chi connectivity index (χ2v) is 6.49. The van der Waals surface area contributed by atoms with E-state index in [1.165, 1.54) is 38.4 Å². The third-order valence-electron chi connectivity index (χ3n) is 3.38. The van der Waals surface area contributed by atoms with Crippen molar-refractivity contribution in [3.8, 4) is 0 Å². The van der Waals surface area contributed by atoms with Gasteiger partial charge in [0, 0.05) is 82.4 Å². The predicted octanol–water partition coefficient (Wildman–Crippen LogP) is -0.387. The fourth-order valence-electron chi connectivity index (χ4n) is 2.04. The summed E-state index contributed by atoms with van der Waals surface area (Å²) < 4.78 is 10.0. The quantitative estimate of drug-likeness (QED) is 0.0439. The van der Waals surface area contributed by atoms with Gasteiger partial charge in [0.2, 0.25) is 11.6 Å². The molecule has 0 unspecified atom stereocenters. The number of methoxy groups -OCH3 is 2. The van der Waals surface area contributed by atoms with Gasteiger partial charge in [0.05, 0.1) is 14.2 Å². The van der Waals surface area contributed by atoms with Crippen LogP contribution in [-0.2, 0) is 41.6 Å². The van der Waals surface area contributed by atoms with Crippen LogP contribution in [0, 0.1) is 56.5 Å². The molecule has 20 nitrogen and oxygen atoms in total.